The van der Waals surface area contributed by atoms with Crippen LogP contribution in [0.2, 0.25) is 0 Å². The zero-order chi connectivity index (χ0) is 12.1. The lowest BCUT2D eigenvalue weighted by Crippen LogP contribution is -2.02. The normalized spacial score (nSPS) is 10.5. The third-order valence-corrected chi connectivity index (χ3v) is 2.92. The van der Waals surface area contributed by atoms with Crippen LogP contribution in [0.5, 0.6) is 0 Å². The first kappa shape index (κ1) is 11.9. The van der Waals surface area contributed by atoms with Crippen molar-refractivity contribution in [1.82, 2.24) is 19.7 Å². The molecule has 0 spiro atoms. The molecule has 0 saturated carbocycles. The van der Waals surface area contributed by atoms with Crippen molar-refractivity contribution >= 4 is 17.6 Å². The standard InChI is InChI=1S/C11H15N5S/c1-3-4-13-10-6-12-7-11(15-10)17-9-5-14-16(2)8-9/h5-8H,3-4H2,1-2H3,(H,13,15). The quantitative estimate of drug-likeness (QED) is 0.880. The Morgan fingerprint density at radius 2 is 2.24 bits per heavy atom. The number of rotatable bonds is 5. The summed E-state index contributed by atoms with van der Waals surface area (Å²) < 4.78 is 1.77. The summed E-state index contributed by atoms with van der Waals surface area (Å²) in [5.41, 5.74) is 0. The summed E-state index contributed by atoms with van der Waals surface area (Å²) in [6.07, 6.45) is 8.34. The molecule has 0 aromatic carbocycles. The van der Waals surface area contributed by atoms with Crippen molar-refractivity contribution in [2.75, 3.05) is 11.9 Å². The Morgan fingerprint density at radius 1 is 1.35 bits per heavy atom. The van der Waals surface area contributed by atoms with Gasteiger partial charge < -0.3 is 5.32 Å². The average Bonchev–Trinajstić information content (AvgIpc) is 2.73. The Balaban J connectivity index is 2.05. The molecule has 6 heteroatoms. The second kappa shape index (κ2) is 5.67. The zero-order valence-electron chi connectivity index (χ0n) is 9.92. The number of hydrogen-bond acceptors (Lipinski definition) is 5. The summed E-state index contributed by atoms with van der Waals surface area (Å²) >= 11 is 1.56. The van der Waals surface area contributed by atoms with Crippen LogP contribution in [0.25, 0.3) is 0 Å². The molecule has 0 bridgehead atoms. The van der Waals surface area contributed by atoms with Gasteiger partial charge in [-0.2, -0.15) is 5.10 Å². The van der Waals surface area contributed by atoms with E-state index in [1.54, 1.807) is 28.8 Å². The van der Waals surface area contributed by atoms with Gasteiger partial charge in [0.15, 0.2) is 0 Å². The minimum absolute atomic E-state index is 0.820. The maximum atomic E-state index is 4.47. The summed E-state index contributed by atoms with van der Waals surface area (Å²) in [6.45, 7) is 3.03. The number of nitrogens with zero attached hydrogens (tertiary/aromatic N) is 4. The van der Waals surface area contributed by atoms with Gasteiger partial charge in [0.1, 0.15) is 10.8 Å². The molecule has 0 saturated heterocycles. The van der Waals surface area contributed by atoms with E-state index in [4.69, 9.17) is 0 Å². The molecule has 2 aromatic rings. The van der Waals surface area contributed by atoms with Gasteiger partial charge in [0, 0.05) is 19.8 Å². The van der Waals surface area contributed by atoms with Crippen molar-refractivity contribution in [1.29, 1.82) is 0 Å². The van der Waals surface area contributed by atoms with Crippen LogP contribution in [0.4, 0.5) is 5.82 Å². The topological polar surface area (TPSA) is 55.6 Å². The molecule has 90 valence electrons. The van der Waals surface area contributed by atoms with Crippen LogP contribution in [-0.2, 0) is 7.05 Å². The molecule has 5 nitrogen and oxygen atoms in total. The van der Waals surface area contributed by atoms with E-state index >= 15 is 0 Å². The molecule has 0 atom stereocenters. The van der Waals surface area contributed by atoms with E-state index in [9.17, 15) is 0 Å². The van der Waals surface area contributed by atoms with Gasteiger partial charge in [0.2, 0.25) is 0 Å². The number of hydrogen-bond donors (Lipinski definition) is 1. The first-order valence-corrected chi connectivity index (χ1v) is 6.32. The highest BCUT2D eigenvalue weighted by Gasteiger charge is 2.02. The molecule has 0 aliphatic heterocycles. The fourth-order valence-electron chi connectivity index (χ4n) is 1.31. The molecule has 0 aliphatic rings. The van der Waals surface area contributed by atoms with E-state index in [-0.39, 0.29) is 0 Å². The fraction of sp³-hybridized carbons (Fsp3) is 0.364. The molecule has 0 fully saturated rings. The highest BCUT2D eigenvalue weighted by molar-refractivity contribution is 7.99. The van der Waals surface area contributed by atoms with Crippen LogP contribution in [0.1, 0.15) is 13.3 Å². The molecule has 0 unspecified atom stereocenters. The Morgan fingerprint density at radius 3 is 2.94 bits per heavy atom. The van der Waals surface area contributed by atoms with Crippen molar-refractivity contribution in [3.8, 4) is 0 Å². The minimum atomic E-state index is 0.820. The largest absolute Gasteiger partial charge is 0.369 e. The molecule has 17 heavy (non-hydrogen) atoms. The number of aryl methyl sites for hydroxylation is 1. The average molecular weight is 249 g/mol. The van der Waals surface area contributed by atoms with E-state index in [0.717, 1.165) is 28.7 Å². The van der Waals surface area contributed by atoms with Crippen LogP contribution < -0.4 is 5.32 Å². The van der Waals surface area contributed by atoms with Crippen molar-refractivity contribution < 1.29 is 0 Å². The van der Waals surface area contributed by atoms with Crippen LogP contribution in [0.15, 0.2) is 34.7 Å². The van der Waals surface area contributed by atoms with Gasteiger partial charge in [0.25, 0.3) is 0 Å². The van der Waals surface area contributed by atoms with Gasteiger partial charge in [0.05, 0.1) is 23.5 Å². The maximum Gasteiger partial charge on any atom is 0.145 e. The third kappa shape index (κ3) is 3.45. The SMILES string of the molecule is CCCNc1cncc(Sc2cnn(C)c2)n1. The Bertz CT molecular complexity index is 482. The van der Waals surface area contributed by atoms with Gasteiger partial charge in [-0.15, -0.1) is 0 Å². The molecular formula is C11H15N5S. The second-order valence-corrected chi connectivity index (χ2v) is 4.71. The lowest BCUT2D eigenvalue weighted by molar-refractivity contribution is 0.766. The van der Waals surface area contributed by atoms with Crippen LogP contribution >= 0.6 is 11.8 Å². The molecule has 2 aromatic heterocycles. The van der Waals surface area contributed by atoms with Gasteiger partial charge in [-0.3, -0.25) is 9.67 Å². The monoisotopic (exact) mass is 249 g/mol. The van der Waals surface area contributed by atoms with Crippen molar-refractivity contribution in [3.05, 3.63) is 24.8 Å². The fourth-order valence-corrected chi connectivity index (χ4v) is 2.11. The maximum absolute atomic E-state index is 4.47. The Kier molecular flexibility index (Phi) is 3.98. The molecule has 2 heterocycles. The summed E-state index contributed by atoms with van der Waals surface area (Å²) in [5.74, 6) is 0.820. The lowest BCUT2D eigenvalue weighted by atomic mass is 10.5. The number of nitrogens with one attached hydrogen (secondary N) is 1. The van der Waals surface area contributed by atoms with Crippen LogP contribution in [-0.4, -0.2) is 26.3 Å². The van der Waals surface area contributed by atoms with E-state index in [0.29, 0.717) is 0 Å². The molecule has 0 radical (unpaired) electrons. The Hall–Kier alpha value is -1.56. The molecule has 1 N–H and O–H groups in total. The van der Waals surface area contributed by atoms with Crippen molar-refractivity contribution in [2.24, 2.45) is 7.05 Å². The van der Waals surface area contributed by atoms with Gasteiger partial charge in [-0.1, -0.05) is 18.7 Å². The smallest absolute Gasteiger partial charge is 0.145 e. The number of aromatic nitrogens is 4. The van der Waals surface area contributed by atoms with E-state index < -0.39 is 0 Å². The summed E-state index contributed by atoms with van der Waals surface area (Å²) in [5, 5.41) is 8.21. The molecular weight excluding hydrogens is 234 g/mol. The van der Waals surface area contributed by atoms with Gasteiger partial charge in [-0.25, -0.2) is 4.98 Å². The minimum Gasteiger partial charge on any atom is -0.369 e. The van der Waals surface area contributed by atoms with Crippen molar-refractivity contribution in [3.63, 3.8) is 0 Å². The first-order chi connectivity index (χ1) is 8.28. The summed E-state index contributed by atoms with van der Waals surface area (Å²) in [4.78, 5) is 9.70. The van der Waals surface area contributed by atoms with Crippen molar-refractivity contribution in [2.45, 2.75) is 23.3 Å². The van der Waals surface area contributed by atoms with E-state index in [1.807, 2.05) is 19.4 Å². The van der Waals surface area contributed by atoms with Gasteiger partial charge in [-0.05, 0) is 6.42 Å². The molecule has 0 amide bonds. The summed E-state index contributed by atoms with van der Waals surface area (Å²) in [7, 11) is 1.90. The Labute approximate surface area is 105 Å². The summed E-state index contributed by atoms with van der Waals surface area (Å²) in [6, 6.07) is 0. The predicted molar refractivity (Wildman–Crippen MR) is 68.1 cm³/mol. The number of anilines is 1. The lowest BCUT2D eigenvalue weighted by Gasteiger charge is -2.04. The molecule has 0 aliphatic carbocycles. The molecule has 2 rings (SSSR count). The van der Waals surface area contributed by atoms with Crippen LogP contribution in [0.3, 0.4) is 0 Å². The van der Waals surface area contributed by atoms with E-state index in [2.05, 4.69) is 27.3 Å². The predicted octanol–water partition coefficient (Wildman–Crippen LogP) is 2.18. The third-order valence-electron chi connectivity index (χ3n) is 2.07. The van der Waals surface area contributed by atoms with E-state index in [1.165, 1.54) is 0 Å². The first-order valence-electron chi connectivity index (χ1n) is 5.50. The highest BCUT2D eigenvalue weighted by atomic mass is 32.2. The van der Waals surface area contributed by atoms with Crippen LogP contribution in [0, 0.1) is 0 Å². The zero-order valence-corrected chi connectivity index (χ0v) is 10.7. The second-order valence-electron chi connectivity index (χ2n) is 3.62. The van der Waals surface area contributed by atoms with Gasteiger partial charge >= 0.3 is 0 Å². The highest BCUT2D eigenvalue weighted by Crippen LogP contribution is 2.25.